The van der Waals surface area contributed by atoms with Crippen molar-refractivity contribution in [2.45, 2.75) is 38.6 Å². The molecule has 17 heavy (non-hydrogen) atoms. The first-order valence-electron chi connectivity index (χ1n) is 6.00. The zero-order chi connectivity index (χ0) is 12.7. The molecule has 0 spiro atoms. The Kier molecular flexibility index (Phi) is 2.90. The number of hydrogen-bond acceptors (Lipinski definition) is 2. The number of ether oxygens (including phenoxy) is 1. The summed E-state index contributed by atoms with van der Waals surface area (Å²) in [5.41, 5.74) is 6.60. The number of hydrogen-bond donors (Lipinski definition) is 1. The summed E-state index contributed by atoms with van der Waals surface area (Å²) < 4.78 is 19.2. The van der Waals surface area contributed by atoms with Crippen molar-refractivity contribution < 1.29 is 9.13 Å². The highest BCUT2D eigenvalue weighted by atomic mass is 19.1. The third-order valence-electron chi connectivity index (χ3n) is 3.76. The first-order valence-corrected chi connectivity index (χ1v) is 6.00. The molecular formula is C14H20FNO. The maximum Gasteiger partial charge on any atom is 0.170 e. The summed E-state index contributed by atoms with van der Waals surface area (Å²) in [5, 5.41) is 0. The molecule has 1 aromatic carbocycles. The summed E-state index contributed by atoms with van der Waals surface area (Å²) in [7, 11) is 1.48. The van der Waals surface area contributed by atoms with Crippen LogP contribution in [0, 0.1) is 11.2 Å². The molecule has 0 aliphatic heterocycles. The van der Waals surface area contributed by atoms with E-state index in [0.717, 1.165) is 19.3 Å². The van der Waals surface area contributed by atoms with Crippen LogP contribution < -0.4 is 10.5 Å². The Balaban J connectivity index is 2.41. The fourth-order valence-corrected chi connectivity index (χ4v) is 2.88. The number of benzene rings is 1. The zero-order valence-corrected chi connectivity index (χ0v) is 10.7. The quantitative estimate of drug-likeness (QED) is 0.857. The van der Waals surface area contributed by atoms with Crippen molar-refractivity contribution in [1.29, 1.82) is 0 Å². The highest BCUT2D eigenvalue weighted by Crippen LogP contribution is 2.48. The van der Waals surface area contributed by atoms with Crippen molar-refractivity contribution in [2.24, 2.45) is 11.1 Å². The van der Waals surface area contributed by atoms with E-state index < -0.39 is 5.54 Å². The van der Waals surface area contributed by atoms with E-state index in [2.05, 4.69) is 13.8 Å². The van der Waals surface area contributed by atoms with Crippen molar-refractivity contribution in [1.82, 2.24) is 0 Å². The average Bonchev–Trinajstić information content (AvgIpc) is 2.54. The summed E-state index contributed by atoms with van der Waals surface area (Å²) in [5.74, 6) is -0.0350. The minimum absolute atomic E-state index is 0.185. The second-order valence-corrected chi connectivity index (χ2v) is 5.82. The molecule has 1 aliphatic rings. The molecule has 0 heterocycles. The van der Waals surface area contributed by atoms with E-state index in [1.807, 2.05) is 0 Å². The first kappa shape index (κ1) is 12.4. The monoisotopic (exact) mass is 237 g/mol. The molecule has 2 nitrogen and oxygen atoms in total. The van der Waals surface area contributed by atoms with Gasteiger partial charge in [-0.2, -0.15) is 0 Å². The first-order chi connectivity index (χ1) is 7.88. The number of halogens is 1. The topological polar surface area (TPSA) is 35.2 Å². The van der Waals surface area contributed by atoms with Crippen LogP contribution in [0.4, 0.5) is 4.39 Å². The van der Waals surface area contributed by atoms with E-state index in [4.69, 9.17) is 10.5 Å². The molecule has 2 N–H and O–H groups in total. The Labute approximate surface area is 102 Å². The lowest BCUT2D eigenvalue weighted by Gasteiger charge is -2.27. The maximum atomic E-state index is 14.2. The Morgan fingerprint density at radius 3 is 2.53 bits per heavy atom. The standard InChI is InChI=1S/C14H20FNO/c1-13(2)7-8-14(16,9-13)10-5-4-6-11(17-3)12(10)15/h4-6H,7-9,16H2,1-3H3. The molecule has 3 heteroatoms. The SMILES string of the molecule is COc1cccc(C2(N)CCC(C)(C)C2)c1F. The van der Waals surface area contributed by atoms with Crippen molar-refractivity contribution in [3.63, 3.8) is 0 Å². The second kappa shape index (κ2) is 3.98. The van der Waals surface area contributed by atoms with Gasteiger partial charge >= 0.3 is 0 Å². The van der Waals surface area contributed by atoms with Gasteiger partial charge in [0, 0.05) is 11.1 Å². The predicted molar refractivity (Wildman–Crippen MR) is 66.4 cm³/mol. The second-order valence-electron chi connectivity index (χ2n) is 5.82. The van der Waals surface area contributed by atoms with E-state index in [-0.39, 0.29) is 17.0 Å². The average molecular weight is 237 g/mol. The molecule has 1 atom stereocenters. The van der Waals surface area contributed by atoms with Gasteiger partial charge in [0.25, 0.3) is 0 Å². The maximum absolute atomic E-state index is 14.2. The molecular weight excluding hydrogens is 217 g/mol. The number of nitrogens with two attached hydrogens (primary N) is 1. The highest BCUT2D eigenvalue weighted by molar-refractivity contribution is 5.36. The lowest BCUT2D eigenvalue weighted by atomic mass is 9.84. The van der Waals surface area contributed by atoms with Crippen LogP contribution in [0.3, 0.4) is 0 Å². The van der Waals surface area contributed by atoms with Crippen molar-refractivity contribution in [2.75, 3.05) is 7.11 Å². The Morgan fingerprint density at radius 2 is 2.00 bits per heavy atom. The van der Waals surface area contributed by atoms with Crippen molar-refractivity contribution in [3.05, 3.63) is 29.6 Å². The van der Waals surface area contributed by atoms with Gasteiger partial charge in [-0.1, -0.05) is 26.0 Å². The van der Waals surface area contributed by atoms with Gasteiger partial charge < -0.3 is 10.5 Å². The minimum atomic E-state index is -0.553. The summed E-state index contributed by atoms with van der Waals surface area (Å²) in [6.45, 7) is 4.36. The molecule has 1 aromatic rings. The van der Waals surface area contributed by atoms with Gasteiger partial charge in [-0.3, -0.25) is 0 Å². The van der Waals surface area contributed by atoms with Crippen molar-refractivity contribution >= 4 is 0 Å². The van der Waals surface area contributed by atoms with Gasteiger partial charge in [-0.15, -0.1) is 0 Å². The van der Waals surface area contributed by atoms with Gasteiger partial charge in [-0.25, -0.2) is 4.39 Å². The molecule has 1 fully saturated rings. The van der Waals surface area contributed by atoms with Crippen LogP contribution in [-0.2, 0) is 5.54 Å². The summed E-state index contributed by atoms with van der Waals surface area (Å²) in [6.07, 6.45) is 2.66. The third kappa shape index (κ3) is 2.16. The fourth-order valence-electron chi connectivity index (χ4n) is 2.88. The normalized spacial score (nSPS) is 27.1. The smallest absolute Gasteiger partial charge is 0.170 e. The molecule has 0 radical (unpaired) electrons. The third-order valence-corrected chi connectivity index (χ3v) is 3.76. The molecule has 0 amide bonds. The molecule has 1 aliphatic carbocycles. The van der Waals surface area contributed by atoms with E-state index in [9.17, 15) is 4.39 Å². The van der Waals surface area contributed by atoms with Gasteiger partial charge in [0.05, 0.1) is 7.11 Å². The molecule has 0 saturated heterocycles. The van der Waals surface area contributed by atoms with Gasteiger partial charge in [-0.05, 0) is 30.7 Å². The summed E-state index contributed by atoms with van der Waals surface area (Å²) in [4.78, 5) is 0. The largest absolute Gasteiger partial charge is 0.494 e. The van der Waals surface area contributed by atoms with E-state index >= 15 is 0 Å². The van der Waals surface area contributed by atoms with Crippen LogP contribution in [-0.4, -0.2) is 7.11 Å². The Morgan fingerprint density at radius 1 is 1.29 bits per heavy atom. The number of rotatable bonds is 2. The van der Waals surface area contributed by atoms with Crippen LogP contribution in [0.2, 0.25) is 0 Å². The van der Waals surface area contributed by atoms with Gasteiger partial charge in [0.15, 0.2) is 11.6 Å². The molecule has 94 valence electrons. The molecule has 1 unspecified atom stereocenters. The van der Waals surface area contributed by atoms with Gasteiger partial charge in [0.2, 0.25) is 0 Å². The molecule has 1 saturated carbocycles. The minimum Gasteiger partial charge on any atom is -0.494 e. The summed E-state index contributed by atoms with van der Waals surface area (Å²) >= 11 is 0. The molecule has 2 rings (SSSR count). The van der Waals surface area contributed by atoms with Crippen molar-refractivity contribution in [3.8, 4) is 5.75 Å². The lowest BCUT2D eigenvalue weighted by Crippen LogP contribution is -2.35. The van der Waals surface area contributed by atoms with E-state index in [1.54, 1.807) is 18.2 Å². The van der Waals surface area contributed by atoms with Crippen LogP contribution in [0.15, 0.2) is 18.2 Å². The molecule has 0 aromatic heterocycles. The predicted octanol–water partition coefficient (Wildman–Crippen LogP) is 3.20. The zero-order valence-electron chi connectivity index (χ0n) is 10.7. The van der Waals surface area contributed by atoms with Crippen LogP contribution in [0.5, 0.6) is 5.75 Å². The van der Waals surface area contributed by atoms with Crippen LogP contribution in [0.25, 0.3) is 0 Å². The summed E-state index contributed by atoms with van der Waals surface area (Å²) in [6, 6.07) is 5.21. The van der Waals surface area contributed by atoms with Crippen LogP contribution in [0.1, 0.15) is 38.7 Å². The Bertz CT molecular complexity index is 430. The fraction of sp³-hybridized carbons (Fsp3) is 0.571. The van der Waals surface area contributed by atoms with Gasteiger partial charge in [0.1, 0.15) is 0 Å². The van der Waals surface area contributed by atoms with E-state index in [1.165, 1.54) is 7.11 Å². The van der Waals surface area contributed by atoms with Crippen LogP contribution >= 0.6 is 0 Å². The Hall–Kier alpha value is -1.09. The number of methoxy groups -OCH3 is 1. The van der Waals surface area contributed by atoms with E-state index in [0.29, 0.717) is 5.56 Å². The molecule has 0 bridgehead atoms. The highest BCUT2D eigenvalue weighted by Gasteiger charge is 2.43. The lowest BCUT2D eigenvalue weighted by molar-refractivity contribution is 0.327.